The second-order valence-electron chi connectivity index (χ2n) is 3.38. The Kier molecular flexibility index (Phi) is 5.03. The van der Waals surface area contributed by atoms with E-state index < -0.39 is 19.4 Å². The van der Waals surface area contributed by atoms with E-state index in [0.717, 1.165) is 17.5 Å². The van der Waals surface area contributed by atoms with E-state index in [1.807, 2.05) is 19.1 Å². The summed E-state index contributed by atoms with van der Waals surface area (Å²) < 4.78 is 8.74. The Morgan fingerprint density at radius 3 is 2.28 bits per heavy atom. The van der Waals surface area contributed by atoms with Gasteiger partial charge in [0.15, 0.2) is 0 Å². The summed E-state index contributed by atoms with van der Waals surface area (Å²) in [6.07, 6.45) is 0.819. The average molecular weight is 272 g/mol. The van der Waals surface area contributed by atoms with Crippen molar-refractivity contribution in [3.8, 4) is 0 Å². The maximum atomic E-state index is 11.1. The van der Waals surface area contributed by atoms with Crippen LogP contribution in [0.3, 0.4) is 0 Å². The number of hydrogen-bond donors (Lipinski definition) is 4. The fraction of sp³-hybridized carbons (Fsp3) is 0.200. The Bertz CT molecular complexity index is 672. The van der Waals surface area contributed by atoms with E-state index in [4.69, 9.17) is 14.4 Å². The lowest BCUT2D eigenvalue weighted by atomic mass is 10.1. The number of aromatic amines is 2. The predicted octanol–water partition coefficient (Wildman–Crippen LogP) is 0.139. The fourth-order valence-electron chi connectivity index (χ4n) is 1.50. The van der Waals surface area contributed by atoms with Crippen LogP contribution in [-0.2, 0) is 11.0 Å². The molecule has 7 nitrogen and oxygen atoms in total. The van der Waals surface area contributed by atoms with Gasteiger partial charge in [0.2, 0.25) is 0 Å². The summed E-state index contributed by atoms with van der Waals surface area (Å²) in [6, 6.07) is 5.55. The number of fused-ring (bicyclic) bond motifs is 1. The summed E-state index contributed by atoms with van der Waals surface area (Å²) in [7, 11) is -3.13. The third kappa shape index (κ3) is 3.66. The third-order valence-electron chi connectivity index (χ3n) is 2.22. The quantitative estimate of drug-likeness (QED) is 0.434. The van der Waals surface area contributed by atoms with Crippen LogP contribution in [0, 0.1) is 0 Å². The maximum Gasteiger partial charge on any atom is 0.314 e. The highest BCUT2D eigenvalue weighted by Crippen LogP contribution is 2.11. The molecule has 0 atom stereocenters. The maximum absolute atomic E-state index is 11.1. The molecule has 0 saturated heterocycles. The molecule has 0 fully saturated rings. The molecular formula is C10H13N2O5P. The van der Waals surface area contributed by atoms with E-state index in [2.05, 4.69) is 9.97 Å². The molecule has 0 spiro atoms. The minimum absolute atomic E-state index is 0.599. The number of aromatic nitrogens is 2. The number of hydrogen-bond acceptors (Lipinski definition) is 3. The lowest BCUT2D eigenvalue weighted by molar-refractivity contribution is 0.405. The number of H-pyrrole nitrogens is 2. The topological polar surface area (TPSA) is 123 Å². The minimum Gasteiger partial charge on any atom is -0.326 e. The Hall–Kier alpha value is -1.69. The molecule has 0 aliphatic heterocycles. The van der Waals surface area contributed by atoms with Gasteiger partial charge in [-0.15, -0.1) is 0 Å². The van der Waals surface area contributed by atoms with Gasteiger partial charge >= 0.3 is 19.4 Å². The highest BCUT2D eigenvalue weighted by Gasteiger charge is 2.01. The molecule has 1 heterocycles. The van der Waals surface area contributed by atoms with Crippen molar-refractivity contribution in [2.24, 2.45) is 0 Å². The van der Waals surface area contributed by atoms with Crippen molar-refractivity contribution in [1.29, 1.82) is 0 Å². The summed E-state index contributed by atoms with van der Waals surface area (Å²) in [5.41, 5.74) is 1.22. The molecule has 0 radical (unpaired) electrons. The van der Waals surface area contributed by atoms with Crippen molar-refractivity contribution in [2.45, 2.75) is 13.3 Å². The fourth-order valence-corrected chi connectivity index (χ4v) is 1.50. The number of aryl methyl sites for hydroxylation is 1. The predicted molar refractivity (Wildman–Crippen MR) is 68.0 cm³/mol. The van der Waals surface area contributed by atoms with E-state index >= 15 is 0 Å². The molecule has 4 N–H and O–H groups in total. The van der Waals surface area contributed by atoms with E-state index in [1.54, 1.807) is 6.07 Å². The van der Waals surface area contributed by atoms with Crippen LogP contribution in [0.2, 0.25) is 0 Å². The molecule has 1 aromatic heterocycles. The molecule has 2 rings (SSSR count). The Morgan fingerprint density at radius 2 is 1.72 bits per heavy atom. The van der Waals surface area contributed by atoms with Crippen LogP contribution in [0.25, 0.3) is 11.0 Å². The van der Waals surface area contributed by atoms with E-state index in [1.165, 1.54) is 0 Å². The van der Waals surface area contributed by atoms with Crippen LogP contribution in [0.1, 0.15) is 12.5 Å². The van der Waals surface area contributed by atoms with Gasteiger partial charge < -0.3 is 19.8 Å². The summed E-state index contributed by atoms with van der Waals surface area (Å²) in [5.74, 6) is 0. The molecule has 0 aliphatic rings. The second kappa shape index (κ2) is 6.30. The van der Waals surface area contributed by atoms with Gasteiger partial charge in [0.05, 0.1) is 11.0 Å². The molecule has 8 heteroatoms. The molecule has 0 bridgehead atoms. The van der Waals surface area contributed by atoms with Crippen molar-refractivity contribution in [3.05, 3.63) is 44.5 Å². The highest BCUT2D eigenvalue weighted by atomic mass is 31.1. The molecular weight excluding hydrogens is 259 g/mol. The third-order valence-corrected chi connectivity index (χ3v) is 2.22. The summed E-state index contributed by atoms with van der Waals surface area (Å²) in [5, 5.41) is 0. The van der Waals surface area contributed by atoms with Crippen molar-refractivity contribution in [3.63, 3.8) is 0 Å². The molecule has 0 unspecified atom stereocenters. The summed E-state index contributed by atoms with van der Waals surface area (Å²) in [4.78, 5) is 41.6. The first-order chi connectivity index (χ1) is 8.45. The number of para-hydroxylation sites is 1. The monoisotopic (exact) mass is 272 g/mol. The zero-order chi connectivity index (χ0) is 13.7. The summed E-state index contributed by atoms with van der Waals surface area (Å²) >= 11 is 0. The first kappa shape index (κ1) is 14.4. The SMILES string of the molecule is CCc1cccc2[nH]c(=O)c(=O)[nH]c12.O=[PH](O)O. The first-order valence-corrected chi connectivity index (χ1v) is 6.42. The Morgan fingerprint density at radius 1 is 1.17 bits per heavy atom. The highest BCUT2D eigenvalue weighted by molar-refractivity contribution is 7.30. The standard InChI is InChI=1S/C10H10N2O2.H3O3P/c1-2-6-4-3-5-7-8(6)12-10(14)9(13)11-7;1-4(2)3/h3-5H,2H2,1H3,(H,11,13)(H,12,14);4H,(H2,1,2,3). The first-order valence-electron chi connectivity index (χ1n) is 5.11. The van der Waals surface area contributed by atoms with E-state index in [0.29, 0.717) is 5.52 Å². The molecule has 18 heavy (non-hydrogen) atoms. The van der Waals surface area contributed by atoms with Crippen molar-refractivity contribution in [2.75, 3.05) is 0 Å². The molecule has 1 aromatic carbocycles. The lowest BCUT2D eigenvalue weighted by Crippen LogP contribution is -2.29. The van der Waals surface area contributed by atoms with Crippen LogP contribution in [0.15, 0.2) is 27.8 Å². The van der Waals surface area contributed by atoms with Crippen molar-refractivity contribution >= 4 is 19.3 Å². The van der Waals surface area contributed by atoms with Crippen LogP contribution in [0.5, 0.6) is 0 Å². The average Bonchev–Trinajstić information content (AvgIpc) is 2.29. The van der Waals surface area contributed by atoms with Crippen molar-refractivity contribution < 1.29 is 14.4 Å². The summed E-state index contributed by atoms with van der Waals surface area (Å²) in [6.45, 7) is 2.00. The van der Waals surface area contributed by atoms with Gasteiger partial charge in [-0.2, -0.15) is 0 Å². The number of benzene rings is 1. The minimum atomic E-state index is -3.13. The molecule has 98 valence electrons. The van der Waals surface area contributed by atoms with Gasteiger partial charge in [-0.3, -0.25) is 14.2 Å². The zero-order valence-corrected chi connectivity index (χ0v) is 10.6. The van der Waals surface area contributed by atoms with Crippen LogP contribution < -0.4 is 11.1 Å². The molecule has 2 aromatic rings. The van der Waals surface area contributed by atoms with Gasteiger partial charge in [-0.25, -0.2) is 0 Å². The number of nitrogens with one attached hydrogen (secondary N) is 2. The normalized spacial score (nSPS) is 10.2. The smallest absolute Gasteiger partial charge is 0.314 e. The number of rotatable bonds is 1. The van der Waals surface area contributed by atoms with Crippen molar-refractivity contribution in [1.82, 2.24) is 9.97 Å². The van der Waals surface area contributed by atoms with Crippen LogP contribution in [0.4, 0.5) is 0 Å². The second-order valence-corrected chi connectivity index (χ2v) is 3.95. The Balaban J connectivity index is 0.000000357. The van der Waals surface area contributed by atoms with Gasteiger partial charge in [0, 0.05) is 0 Å². The Labute approximate surface area is 102 Å². The van der Waals surface area contributed by atoms with E-state index in [9.17, 15) is 9.59 Å². The van der Waals surface area contributed by atoms with Gasteiger partial charge in [0.25, 0.3) is 0 Å². The largest absolute Gasteiger partial charge is 0.326 e. The molecule has 0 amide bonds. The zero-order valence-electron chi connectivity index (χ0n) is 9.56. The van der Waals surface area contributed by atoms with Gasteiger partial charge in [-0.05, 0) is 18.1 Å². The molecule has 0 saturated carbocycles. The lowest BCUT2D eigenvalue weighted by Gasteiger charge is -2.01. The van der Waals surface area contributed by atoms with E-state index in [-0.39, 0.29) is 0 Å². The van der Waals surface area contributed by atoms with Gasteiger partial charge in [0.1, 0.15) is 0 Å². The van der Waals surface area contributed by atoms with Crippen LogP contribution in [-0.4, -0.2) is 19.8 Å². The van der Waals surface area contributed by atoms with Crippen LogP contribution >= 0.6 is 8.25 Å². The van der Waals surface area contributed by atoms with Gasteiger partial charge in [-0.1, -0.05) is 19.1 Å². The molecule has 0 aliphatic carbocycles.